The summed E-state index contributed by atoms with van der Waals surface area (Å²) in [5.41, 5.74) is 0.982. The van der Waals surface area contributed by atoms with Crippen LogP contribution in [0.2, 0.25) is 5.02 Å². The maximum absolute atomic E-state index is 5.84. The van der Waals surface area contributed by atoms with Gasteiger partial charge in [-0.1, -0.05) is 39.3 Å². The molecule has 15 heavy (non-hydrogen) atoms. The number of halogens is 1. The van der Waals surface area contributed by atoms with Crippen molar-refractivity contribution in [3.8, 4) is 5.75 Å². The van der Waals surface area contributed by atoms with Crippen molar-refractivity contribution in [2.75, 3.05) is 19.5 Å². The SMILES string of the molecule is CC.CC.CNc1ccc(OC)c(Cl)c1. The van der Waals surface area contributed by atoms with Gasteiger partial charge in [-0.05, 0) is 18.2 Å². The summed E-state index contributed by atoms with van der Waals surface area (Å²) in [6.45, 7) is 8.00. The Morgan fingerprint density at radius 3 is 2.00 bits per heavy atom. The normalized spacial score (nSPS) is 7.67. The fourth-order valence-electron chi connectivity index (χ4n) is 0.822. The van der Waals surface area contributed by atoms with E-state index in [-0.39, 0.29) is 0 Å². The molecule has 0 aliphatic carbocycles. The Morgan fingerprint density at radius 1 is 1.13 bits per heavy atom. The lowest BCUT2D eigenvalue weighted by molar-refractivity contribution is 0.415. The third kappa shape index (κ3) is 6.24. The maximum atomic E-state index is 5.84. The minimum atomic E-state index is 0.624. The average Bonchev–Trinajstić information content (AvgIpc) is 2.34. The maximum Gasteiger partial charge on any atom is 0.137 e. The van der Waals surface area contributed by atoms with Gasteiger partial charge in [0.1, 0.15) is 5.75 Å². The van der Waals surface area contributed by atoms with Crippen LogP contribution >= 0.6 is 11.6 Å². The quantitative estimate of drug-likeness (QED) is 0.813. The smallest absolute Gasteiger partial charge is 0.137 e. The molecule has 1 aromatic carbocycles. The minimum Gasteiger partial charge on any atom is -0.495 e. The number of nitrogens with one attached hydrogen (secondary N) is 1. The van der Waals surface area contributed by atoms with Gasteiger partial charge in [0.05, 0.1) is 12.1 Å². The second kappa shape index (κ2) is 11.2. The van der Waals surface area contributed by atoms with Crippen molar-refractivity contribution in [2.24, 2.45) is 0 Å². The van der Waals surface area contributed by atoms with Crippen LogP contribution in [-0.2, 0) is 0 Å². The molecule has 0 radical (unpaired) electrons. The minimum absolute atomic E-state index is 0.624. The highest BCUT2D eigenvalue weighted by molar-refractivity contribution is 6.32. The van der Waals surface area contributed by atoms with E-state index >= 15 is 0 Å². The first-order valence-corrected chi connectivity index (χ1v) is 5.67. The van der Waals surface area contributed by atoms with Crippen LogP contribution in [0, 0.1) is 0 Å². The first-order valence-electron chi connectivity index (χ1n) is 5.29. The zero-order valence-corrected chi connectivity index (χ0v) is 11.3. The summed E-state index contributed by atoms with van der Waals surface area (Å²) in [7, 11) is 3.44. The van der Waals surface area contributed by atoms with Gasteiger partial charge in [-0.25, -0.2) is 0 Å². The number of benzene rings is 1. The molecule has 0 unspecified atom stereocenters. The molecule has 3 heteroatoms. The lowest BCUT2D eigenvalue weighted by Gasteiger charge is -2.04. The largest absolute Gasteiger partial charge is 0.495 e. The molecule has 0 spiro atoms. The van der Waals surface area contributed by atoms with E-state index in [1.54, 1.807) is 7.11 Å². The Hall–Kier alpha value is -0.890. The molecule has 1 rings (SSSR count). The van der Waals surface area contributed by atoms with E-state index < -0.39 is 0 Å². The summed E-state index contributed by atoms with van der Waals surface area (Å²) in [6.07, 6.45) is 0. The third-order valence-corrected chi connectivity index (χ3v) is 1.74. The van der Waals surface area contributed by atoms with Crippen molar-refractivity contribution in [3.63, 3.8) is 0 Å². The molecular weight excluding hydrogens is 210 g/mol. The Labute approximate surface area is 98.6 Å². The van der Waals surface area contributed by atoms with Gasteiger partial charge in [0, 0.05) is 12.7 Å². The van der Waals surface area contributed by atoms with Crippen molar-refractivity contribution in [1.29, 1.82) is 0 Å². The fourth-order valence-corrected chi connectivity index (χ4v) is 1.08. The zero-order chi connectivity index (χ0) is 12.3. The second-order valence-electron chi connectivity index (χ2n) is 2.10. The number of rotatable bonds is 2. The molecule has 88 valence electrons. The standard InChI is InChI=1S/C8H10ClNO.2C2H6/c1-10-6-3-4-8(11-2)7(9)5-6;2*1-2/h3-5,10H,1-2H3;2*1-2H3. The van der Waals surface area contributed by atoms with Gasteiger partial charge in [-0.3, -0.25) is 0 Å². The molecule has 1 N–H and O–H groups in total. The molecule has 2 nitrogen and oxygen atoms in total. The molecule has 0 heterocycles. The Balaban J connectivity index is 0. The number of anilines is 1. The summed E-state index contributed by atoms with van der Waals surface area (Å²) in [6, 6.07) is 5.55. The second-order valence-corrected chi connectivity index (χ2v) is 2.51. The highest BCUT2D eigenvalue weighted by Gasteiger charge is 1.98. The van der Waals surface area contributed by atoms with E-state index in [0.717, 1.165) is 5.69 Å². The summed E-state index contributed by atoms with van der Waals surface area (Å²) in [5.74, 6) is 0.700. The van der Waals surface area contributed by atoms with Crippen molar-refractivity contribution >= 4 is 17.3 Å². The van der Waals surface area contributed by atoms with Crippen LogP contribution in [0.5, 0.6) is 5.75 Å². The van der Waals surface area contributed by atoms with Crippen LogP contribution in [0.4, 0.5) is 5.69 Å². The molecule has 0 aliphatic heterocycles. The summed E-state index contributed by atoms with van der Waals surface area (Å²) < 4.78 is 4.98. The topological polar surface area (TPSA) is 21.3 Å². The first-order chi connectivity index (χ1) is 7.27. The van der Waals surface area contributed by atoms with Gasteiger partial charge in [-0.2, -0.15) is 0 Å². The molecule has 0 fully saturated rings. The molecule has 0 amide bonds. The lowest BCUT2D eigenvalue weighted by atomic mass is 10.3. The average molecular weight is 232 g/mol. The van der Waals surface area contributed by atoms with Gasteiger partial charge in [0.2, 0.25) is 0 Å². The van der Waals surface area contributed by atoms with Crippen LogP contribution in [0.25, 0.3) is 0 Å². The molecule has 0 bridgehead atoms. The van der Waals surface area contributed by atoms with Crippen LogP contribution in [0.1, 0.15) is 27.7 Å². The van der Waals surface area contributed by atoms with Gasteiger partial charge < -0.3 is 10.1 Å². The Kier molecular flexibility index (Phi) is 12.3. The predicted octanol–water partition coefficient (Wildman–Crippen LogP) is 4.44. The highest BCUT2D eigenvalue weighted by Crippen LogP contribution is 2.26. The molecule has 0 atom stereocenters. The van der Waals surface area contributed by atoms with E-state index in [0.29, 0.717) is 10.8 Å². The third-order valence-electron chi connectivity index (χ3n) is 1.44. The van der Waals surface area contributed by atoms with Gasteiger partial charge in [-0.15, -0.1) is 0 Å². The van der Waals surface area contributed by atoms with E-state index in [9.17, 15) is 0 Å². The van der Waals surface area contributed by atoms with Crippen molar-refractivity contribution < 1.29 is 4.74 Å². The van der Waals surface area contributed by atoms with E-state index in [1.807, 2.05) is 52.9 Å². The van der Waals surface area contributed by atoms with Crippen molar-refractivity contribution in [1.82, 2.24) is 0 Å². The fraction of sp³-hybridized carbons (Fsp3) is 0.500. The highest BCUT2D eigenvalue weighted by atomic mass is 35.5. The molecule has 0 aliphatic rings. The van der Waals surface area contributed by atoms with Gasteiger partial charge in [0.25, 0.3) is 0 Å². The summed E-state index contributed by atoms with van der Waals surface area (Å²) in [4.78, 5) is 0. The monoisotopic (exact) mass is 231 g/mol. The number of hydrogen-bond donors (Lipinski definition) is 1. The zero-order valence-electron chi connectivity index (χ0n) is 10.5. The number of hydrogen-bond acceptors (Lipinski definition) is 2. The van der Waals surface area contributed by atoms with Crippen LogP contribution in [-0.4, -0.2) is 14.2 Å². The molecule has 0 saturated heterocycles. The molecule has 0 saturated carbocycles. The van der Waals surface area contributed by atoms with Gasteiger partial charge in [0.15, 0.2) is 0 Å². The molecular formula is C12H22ClNO. The number of ether oxygens (including phenoxy) is 1. The molecule has 1 aromatic rings. The van der Waals surface area contributed by atoms with E-state index in [2.05, 4.69) is 5.32 Å². The van der Waals surface area contributed by atoms with Crippen molar-refractivity contribution in [3.05, 3.63) is 23.2 Å². The van der Waals surface area contributed by atoms with Gasteiger partial charge >= 0.3 is 0 Å². The molecule has 0 aromatic heterocycles. The number of methoxy groups -OCH3 is 1. The predicted molar refractivity (Wildman–Crippen MR) is 70.2 cm³/mol. The van der Waals surface area contributed by atoms with Crippen molar-refractivity contribution in [2.45, 2.75) is 27.7 Å². The van der Waals surface area contributed by atoms with Crippen LogP contribution in [0.15, 0.2) is 18.2 Å². The van der Waals surface area contributed by atoms with E-state index in [4.69, 9.17) is 16.3 Å². The summed E-state index contributed by atoms with van der Waals surface area (Å²) >= 11 is 5.84. The van der Waals surface area contributed by atoms with Crippen LogP contribution in [0.3, 0.4) is 0 Å². The lowest BCUT2D eigenvalue weighted by Crippen LogP contribution is -1.89. The van der Waals surface area contributed by atoms with Crippen LogP contribution < -0.4 is 10.1 Å². The first kappa shape index (κ1) is 16.5. The Bertz CT molecular complexity index is 251. The summed E-state index contributed by atoms with van der Waals surface area (Å²) in [5, 5.41) is 3.60. The Morgan fingerprint density at radius 2 is 1.67 bits per heavy atom. The van der Waals surface area contributed by atoms with E-state index in [1.165, 1.54) is 0 Å².